The van der Waals surface area contributed by atoms with Crippen LogP contribution in [0.4, 0.5) is 0 Å². The van der Waals surface area contributed by atoms with Gasteiger partial charge in [-0.05, 0) is 35.7 Å². The number of carbonyl (C=O) groups excluding carboxylic acids is 1. The van der Waals surface area contributed by atoms with Crippen molar-refractivity contribution >= 4 is 17.5 Å². The summed E-state index contributed by atoms with van der Waals surface area (Å²) in [5, 5.41) is 3.95. The fourth-order valence-corrected chi connectivity index (χ4v) is 4.11. The van der Waals surface area contributed by atoms with E-state index < -0.39 is 0 Å². The Kier molecular flexibility index (Phi) is 6.15. The quantitative estimate of drug-likeness (QED) is 0.801. The Morgan fingerprint density at radius 3 is 2.75 bits per heavy atom. The van der Waals surface area contributed by atoms with Gasteiger partial charge in [-0.2, -0.15) is 0 Å². The standard InChI is InChI=1S/C22H25ClN2O3/c23-19-6-7-21-17(13-19)12-18(15-28-21)22(26)24-20(16-4-2-1-3-5-16)14-25-8-10-27-11-9-25/h1-7,13,18,20H,8-12,14-15H2,(H,24,26)/p+1/t18-,20-/m1/s1. The fourth-order valence-electron chi connectivity index (χ4n) is 3.91. The number of quaternary nitrogens is 1. The van der Waals surface area contributed by atoms with Gasteiger partial charge in [0.05, 0.1) is 19.1 Å². The number of carbonyl (C=O) groups is 1. The summed E-state index contributed by atoms with van der Waals surface area (Å²) >= 11 is 6.11. The molecule has 2 atom stereocenters. The minimum atomic E-state index is -0.211. The number of halogens is 1. The van der Waals surface area contributed by atoms with Crippen LogP contribution in [-0.4, -0.2) is 45.4 Å². The van der Waals surface area contributed by atoms with E-state index in [4.69, 9.17) is 21.1 Å². The van der Waals surface area contributed by atoms with Crippen LogP contribution in [0.25, 0.3) is 0 Å². The highest BCUT2D eigenvalue weighted by molar-refractivity contribution is 6.30. The van der Waals surface area contributed by atoms with Gasteiger partial charge in [-0.15, -0.1) is 0 Å². The van der Waals surface area contributed by atoms with E-state index in [0.717, 1.165) is 49.7 Å². The SMILES string of the molecule is O=C(N[C@H](C[NH+]1CCOCC1)c1ccccc1)[C@H]1COc2ccc(Cl)cc2C1. The molecule has 28 heavy (non-hydrogen) atoms. The molecule has 2 aliphatic rings. The molecular weight excluding hydrogens is 376 g/mol. The van der Waals surface area contributed by atoms with Gasteiger partial charge >= 0.3 is 0 Å². The van der Waals surface area contributed by atoms with E-state index in [9.17, 15) is 4.79 Å². The van der Waals surface area contributed by atoms with E-state index >= 15 is 0 Å². The molecule has 0 aromatic heterocycles. The Morgan fingerprint density at radius 1 is 1.18 bits per heavy atom. The van der Waals surface area contributed by atoms with E-state index in [0.29, 0.717) is 18.1 Å². The van der Waals surface area contributed by atoms with Gasteiger partial charge in [0, 0.05) is 5.02 Å². The molecule has 1 fully saturated rings. The van der Waals surface area contributed by atoms with Crippen molar-refractivity contribution in [2.75, 3.05) is 39.5 Å². The summed E-state index contributed by atoms with van der Waals surface area (Å²) in [4.78, 5) is 14.5. The molecule has 0 bridgehead atoms. The first-order valence-electron chi connectivity index (χ1n) is 9.87. The summed E-state index contributed by atoms with van der Waals surface area (Å²) in [7, 11) is 0. The number of ether oxygens (including phenoxy) is 2. The molecule has 1 saturated heterocycles. The Labute approximate surface area is 170 Å². The lowest BCUT2D eigenvalue weighted by molar-refractivity contribution is -0.909. The molecule has 2 heterocycles. The topological polar surface area (TPSA) is 52.0 Å². The highest BCUT2D eigenvalue weighted by Crippen LogP contribution is 2.30. The maximum Gasteiger partial charge on any atom is 0.227 e. The molecule has 0 aliphatic carbocycles. The van der Waals surface area contributed by atoms with Crippen molar-refractivity contribution in [1.29, 1.82) is 0 Å². The Hall–Kier alpha value is -2.08. The minimum Gasteiger partial charge on any atom is -0.492 e. The van der Waals surface area contributed by atoms with E-state index in [1.165, 1.54) is 4.90 Å². The van der Waals surface area contributed by atoms with Crippen molar-refractivity contribution in [3.63, 3.8) is 0 Å². The summed E-state index contributed by atoms with van der Waals surface area (Å²) in [6.07, 6.45) is 0.646. The van der Waals surface area contributed by atoms with Gasteiger partial charge in [0.2, 0.25) is 5.91 Å². The monoisotopic (exact) mass is 401 g/mol. The molecule has 4 rings (SSSR count). The highest BCUT2D eigenvalue weighted by Gasteiger charge is 2.30. The maximum atomic E-state index is 13.1. The summed E-state index contributed by atoms with van der Waals surface area (Å²) in [5.41, 5.74) is 2.13. The van der Waals surface area contributed by atoms with E-state index in [1.807, 2.05) is 36.4 Å². The van der Waals surface area contributed by atoms with Gasteiger partial charge in [-0.1, -0.05) is 41.9 Å². The third-order valence-electron chi connectivity index (χ3n) is 5.51. The Bertz CT molecular complexity index is 809. The van der Waals surface area contributed by atoms with Crippen LogP contribution in [-0.2, 0) is 16.0 Å². The Morgan fingerprint density at radius 2 is 1.96 bits per heavy atom. The van der Waals surface area contributed by atoms with Crippen LogP contribution in [0.5, 0.6) is 5.75 Å². The lowest BCUT2D eigenvalue weighted by atomic mass is 9.95. The number of amides is 1. The predicted molar refractivity (Wildman–Crippen MR) is 108 cm³/mol. The molecule has 2 aliphatic heterocycles. The van der Waals surface area contributed by atoms with Crippen LogP contribution < -0.4 is 15.0 Å². The Balaban J connectivity index is 1.46. The fraction of sp³-hybridized carbons (Fsp3) is 0.409. The molecule has 2 N–H and O–H groups in total. The molecular formula is C22H26ClN2O3+. The first-order valence-corrected chi connectivity index (χ1v) is 10.2. The zero-order valence-corrected chi connectivity index (χ0v) is 16.6. The average Bonchev–Trinajstić information content (AvgIpc) is 2.74. The molecule has 6 heteroatoms. The molecule has 2 aromatic rings. The second-order valence-corrected chi connectivity index (χ2v) is 7.94. The molecule has 0 saturated carbocycles. The van der Waals surface area contributed by atoms with Gasteiger partial charge in [0.15, 0.2) is 0 Å². The van der Waals surface area contributed by atoms with Crippen LogP contribution >= 0.6 is 11.6 Å². The zero-order valence-electron chi connectivity index (χ0n) is 15.8. The van der Waals surface area contributed by atoms with E-state index in [2.05, 4.69) is 17.4 Å². The predicted octanol–water partition coefficient (Wildman–Crippen LogP) is 1.66. The largest absolute Gasteiger partial charge is 0.492 e. The molecule has 0 radical (unpaired) electrons. The second-order valence-electron chi connectivity index (χ2n) is 7.50. The van der Waals surface area contributed by atoms with Gasteiger partial charge < -0.3 is 19.7 Å². The van der Waals surface area contributed by atoms with Crippen molar-refractivity contribution in [2.24, 2.45) is 5.92 Å². The number of morpholine rings is 1. The summed E-state index contributed by atoms with van der Waals surface area (Å²) < 4.78 is 11.3. The number of hydrogen-bond acceptors (Lipinski definition) is 3. The minimum absolute atomic E-state index is 0.0254. The molecule has 5 nitrogen and oxygen atoms in total. The smallest absolute Gasteiger partial charge is 0.227 e. The number of fused-ring (bicyclic) bond motifs is 1. The van der Waals surface area contributed by atoms with Gasteiger partial charge in [0.1, 0.15) is 38.0 Å². The molecule has 0 spiro atoms. The normalized spacial score (nSPS) is 20.7. The van der Waals surface area contributed by atoms with E-state index in [1.54, 1.807) is 0 Å². The lowest BCUT2D eigenvalue weighted by Gasteiger charge is -2.30. The van der Waals surface area contributed by atoms with Gasteiger partial charge in [0.25, 0.3) is 0 Å². The maximum absolute atomic E-state index is 13.1. The highest BCUT2D eigenvalue weighted by atomic mass is 35.5. The van der Waals surface area contributed by atoms with Crippen LogP contribution in [0, 0.1) is 5.92 Å². The third kappa shape index (κ3) is 4.66. The lowest BCUT2D eigenvalue weighted by Crippen LogP contribution is -3.14. The van der Waals surface area contributed by atoms with Crippen LogP contribution in [0.2, 0.25) is 5.02 Å². The van der Waals surface area contributed by atoms with E-state index in [-0.39, 0.29) is 17.9 Å². The summed E-state index contributed by atoms with van der Waals surface area (Å²) in [5.74, 6) is 0.648. The number of rotatable bonds is 5. The van der Waals surface area contributed by atoms with Crippen molar-refractivity contribution in [3.8, 4) is 5.75 Å². The third-order valence-corrected chi connectivity index (χ3v) is 5.75. The first-order chi connectivity index (χ1) is 13.7. The molecule has 1 amide bonds. The van der Waals surface area contributed by atoms with Crippen molar-refractivity contribution in [3.05, 3.63) is 64.7 Å². The van der Waals surface area contributed by atoms with Crippen LogP contribution in [0.3, 0.4) is 0 Å². The van der Waals surface area contributed by atoms with Crippen molar-refractivity contribution < 1.29 is 19.2 Å². The summed E-state index contributed by atoms with van der Waals surface area (Å²) in [6, 6.07) is 15.8. The van der Waals surface area contributed by atoms with Crippen molar-refractivity contribution in [1.82, 2.24) is 5.32 Å². The zero-order chi connectivity index (χ0) is 19.3. The van der Waals surface area contributed by atoms with Crippen molar-refractivity contribution in [2.45, 2.75) is 12.5 Å². The van der Waals surface area contributed by atoms with Gasteiger partial charge in [-0.25, -0.2) is 0 Å². The van der Waals surface area contributed by atoms with Crippen LogP contribution in [0.15, 0.2) is 48.5 Å². The molecule has 2 aromatic carbocycles. The number of nitrogens with one attached hydrogen (secondary N) is 2. The van der Waals surface area contributed by atoms with Gasteiger partial charge in [-0.3, -0.25) is 4.79 Å². The average molecular weight is 402 g/mol. The number of benzene rings is 2. The first kappa shape index (κ1) is 19.2. The molecule has 148 valence electrons. The summed E-state index contributed by atoms with van der Waals surface area (Å²) in [6.45, 7) is 4.74. The molecule has 0 unspecified atom stereocenters. The number of hydrogen-bond donors (Lipinski definition) is 2. The second kappa shape index (κ2) is 8.95. The van der Waals surface area contributed by atoms with Crippen LogP contribution in [0.1, 0.15) is 17.2 Å².